The van der Waals surface area contributed by atoms with Crippen molar-refractivity contribution < 1.29 is 5.11 Å². The predicted molar refractivity (Wildman–Crippen MR) is 81.8 cm³/mol. The van der Waals surface area contributed by atoms with Gasteiger partial charge in [0.25, 0.3) is 0 Å². The van der Waals surface area contributed by atoms with Gasteiger partial charge in [0.05, 0.1) is 8.95 Å². The predicted octanol–water partition coefficient (Wildman–Crippen LogP) is 4.59. The van der Waals surface area contributed by atoms with Gasteiger partial charge in [0.1, 0.15) is 5.75 Å². The Balaban J connectivity index is 1.82. The summed E-state index contributed by atoms with van der Waals surface area (Å²) in [7, 11) is 0. The van der Waals surface area contributed by atoms with Gasteiger partial charge in [0.2, 0.25) is 0 Å². The summed E-state index contributed by atoms with van der Waals surface area (Å²) in [6, 6.07) is 3.93. The second-order valence-corrected chi connectivity index (χ2v) is 6.75. The first-order valence-corrected chi connectivity index (χ1v) is 8.13. The largest absolute Gasteiger partial charge is 0.506 e. The Bertz CT molecular complexity index is 380. The van der Waals surface area contributed by atoms with Crippen molar-refractivity contribution in [2.75, 3.05) is 6.54 Å². The molecule has 1 aromatic rings. The SMILES string of the molecule is Oc1c(Br)cc(CNCC2CCCCC2)cc1Br. The second kappa shape index (κ2) is 6.92. The molecule has 0 amide bonds. The van der Waals surface area contributed by atoms with Crippen LogP contribution in [0.1, 0.15) is 37.7 Å². The average Bonchev–Trinajstić information content (AvgIpc) is 2.37. The van der Waals surface area contributed by atoms with Crippen molar-refractivity contribution >= 4 is 31.9 Å². The minimum Gasteiger partial charge on any atom is -0.506 e. The van der Waals surface area contributed by atoms with Gasteiger partial charge in [-0.3, -0.25) is 0 Å². The molecule has 1 aliphatic rings. The molecule has 2 rings (SSSR count). The molecule has 0 radical (unpaired) electrons. The van der Waals surface area contributed by atoms with E-state index in [2.05, 4.69) is 37.2 Å². The van der Waals surface area contributed by atoms with Crippen molar-refractivity contribution in [3.05, 3.63) is 26.6 Å². The van der Waals surface area contributed by atoms with Gasteiger partial charge in [-0.2, -0.15) is 0 Å². The van der Waals surface area contributed by atoms with E-state index in [1.54, 1.807) is 0 Å². The summed E-state index contributed by atoms with van der Waals surface area (Å²) in [5.41, 5.74) is 1.18. The lowest BCUT2D eigenvalue weighted by Crippen LogP contribution is -2.24. The summed E-state index contributed by atoms with van der Waals surface area (Å²) in [5, 5.41) is 13.2. The minimum atomic E-state index is 0.269. The quantitative estimate of drug-likeness (QED) is 0.805. The van der Waals surface area contributed by atoms with Gasteiger partial charge >= 0.3 is 0 Å². The molecule has 1 fully saturated rings. The maximum absolute atomic E-state index is 9.65. The van der Waals surface area contributed by atoms with Crippen molar-refractivity contribution in [2.45, 2.75) is 38.6 Å². The normalized spacial score (nSPS) is 17.0. The number of aromatic hydroxyl groups is 1. The first kappa shape index (κ1) is 14.4. The monoisotopic (exact) mass is 375 g/mol. The molecule has 0 bridgehead atoms. The molecule has 1 aromatic carbocycles. The summed E-state index contributed by atoms with van der Waals surface area (Å²) in [6.07, 6.45) is 6.94. The van der Waals surface area contributed by atoms with Gasteiger partial charge < -0.3 is 10.4 Å². The van der Waals surface area contributed by atoms with Crippen LogP contribution in [-0.2, 0) is 6.54 Å². The number of halogens is 2. The highest BCUT2D eigenvalue weighted by Gasteiger charge is 2.13. The summed E-state index contributed by atoms with van der Waals surface area (Å²) < 4.78 is 1.48. The van der Waals surface area contributed by atoms with E-state index in [0.29, 0.717) is 0 Å². The van der Waals surface area contributed by atoms with Crippen LogP contribution in [0.25, 0.3) is 0 Å². The van der Waals surface area contributed by atoms with Crippen molar-refractivity contribution in [1.82, 2.24) is 5.32 Å². The highest BCUT2D eigenvalue weighted by Crippen LogP contribution is 2.33. The van der Waals surface area contributed by atoms with Crippen LogP contribution in [0.4, 0.5) is 0 Å². The van der Waals surface area contributed by atoms with E-state index < -0.39 is 0 Å². The Morgan fingerprint density at radius 1 is 1.11 bits per heavy atom. The summed E-state index contributed by atoms with van der Waals surface area (Å²) >= 11 is 6.72. The van der Waals surface area contributed by atoms with Gasteiger partial charge in [0, 0.05) is 6.54 Å². The molecule has 1 aliphatic carbocycles. The third-order valence-corrected chi connectivity index (χ3v) is 4.77. The van der Waals surface area contributed by atoms with Crippen LogP contribution in [-0.4, -0.2) is 11.7 Å². The fourth-order valence-corrected chi connectivity index (χ4v) is 3.81. The zero-order valence-corrected chi connectivity index (χ0v) is 13.6. The highest BCUT2D eigenvalue weighted by molar-refractivity contribution is 9.11. The molecule has 18 heavy (non-hydrogen) atoms. The third kappa shape index (κ3) is 3.97. The van der Waals surface area contributed by atoms with Gasteiger partial charge in [-0.25, -0.2) is 0 Å². The maximum atomic E-state index is 9.65. The van der Waals surface area contributed by atoms with E-state index in [0.717, 1.165) is 28.0 Å². The van der Waals surface area contributed by atoms with Gasteiger partial charge in [0.15, 0.2) is 0 Å². The van der Waals surface area contributed by atoms with Crippen LogP contribution >= 0.6 is 31.9 Å². The number of rotatable bonds is 4. The van der Waals surface area contributed by atoms with E-state index in [4.69, 9.17) is 0 Å². The first-order chi connectivity index (χ1) is 8.66. The number of hydrogen-bond acceptors (Lipinski definition) is 2. The van der Waals surface area contributed by atoms with Crippen LogP contribution in [0, 0.1) is 5.92 Å². The molecular weight excluding hydrogens is 358 g/mol. The lowest BCUT2D eigenvalue weighted by Gasteiger charge is -2.21. The van der Waals surface area contributed by atoms with E-state index in [1.165, 1.54) is 37.7 Å². The number of hydrogen-bond donors (Lipinski definition) is 2. The Morgan fingerprint density at radius 3 is 2.33 bits per heavy atom. The van der Waals surface area contributed by atoms with Gasteiger partial charge in [-0.05, 0) is 74.9 Å². The molecule has 0 spiro atoms. The lowest BCUT2D eigenvalue weighted by molar-refractivity contribution is 0.342. The highest BCUT2D eigenvalue weighted by atomic mass is 79.9. The minimum absolute atomic E-state index is 0.269. The molecule has 0 saturated heterocycles. The number of benzene rings is 1. The molecular formula is C14H19Br2NO. The van der Waals surface area contributed by atoms with Crippen molar-refractivity contribution in [1.29, 1.82) is 0 Å². The molecule has 4 heteroatoms. The topological polar surface area (TPSA) is 32.3 Å². The molecule has 1 saturated carbocycles. The number of phenolic OH excluding ortho intramolecular Hbond substituents is 1. The molecule has 100 valence electrons. The Morgan fingerprint density at radius 2 is 1.72 bits per heavy atom. The molecule has 0 unspecified atom stereocenters. The molecule has 0 aromatic heterocycles. The summed E-state index contributed by atoms with van der Waals surface area (Å²) in [4.78, 5) is 0. The summed E-state index contributed by atoms with van der Waals surface area (Å²) in [6.45, 7) is 1.96. The van der Waals surface area contributed by atoms with E-state index in [9.17, 15) is 5.11 Å². The van der Waals surface area contributed by atoms with E-state index in [1.807, 2.05) is 12.1 Å². The lowest BCUT2D eigenvalue weighted by atomic mass is 9.89. The molecule has 0 heterocycles. The molecule has 2 N–H and O–H groups in total. The second-order valence-electron chi connectivity index (χ2n) is 5.04. The Hall–Kier alpha value is -0.0600. The van der Waals surface area contributed by atoms with Crippen LogP contribution < -0.4 is 5.32 Å². The average molecular weight is 377 g/mol. The van der Waals surface area contributed by atoms with Gasteiger partial charge in [-0.15, -0.1) is 0 Å². The van der Waals surface area contributed by atoms with Crippen molar-refractivity contribution in [3.63, 3.8) is 0 Å². The van der Waals surface area contributed by atoms with Crippen LogP contribution in [0.2, 0.25) is 0 Å². The van der Waals surface area contributed by atoms with Crippen LogP contribution in [0.15, 0.2) is 21.1 Å². The van der Waals surface area contributed by atoms with E-state index >= 15 is 0 Å². The smallest absolute Gasteiger partial charge is 0.143 e. The standard InChI is InChI=1S/C14H19Br2NO/c15-12-6-11(7-13(16)14(12)18)9-17-8-10-4-2-1-3-5-10/h6-7,10,17-18H,1-5,8-9H2. The Kier molecular flexibility index (Phi) is 5.52. The van der Waals surface area contributed by atoms with Crippen LogP contribution in [0.5, 0.6) is 5.75 Å². The van der Waals surface area contributed by atoms with Crippen LogP contribution in [0.3, 0.4) is 0 Å². The van der Waals surface area contributed by atoms with Crippen molar-refractivity contribution in [2.24, 2.45) is 5.92 Å². The molecule has 0 atom stereocenters. The fourth-order valence-electron chi connectivity index (χ4n) is 2.53. The molecule has 2 nitrogen and oxygen atoms in total. The number of phenols is 1. The maximum Gasteiger partial charge on any atom is 0.143 e. The third-order valence-electron chi connectivity index (χ3n) is 3.56. The van der Waals surface area contributed by atoms with E-state index in [-0.39, 0.29) is 5.75 Å². The zero-order chi connectivity index (χ0) is 13.0. The summed E-state index contributed by atoms with van der Waals surface area (Å²) in [5.74, 6) is 1.12. The first-order valence-electron chi connectivity index (χ1n) is 6.54. The fraction of sp³-hybridized carbons (Fsp3) is 0.571. The van der Waals surface area contributed by atoms with Crippen molar-refractivity contribution in [3.8, 4) is 5.75 Å². The number of nitrogens with one attached hydrogen (secondary N) is 1. The Labute approximate surface area is 125 Å². The zero-order valence-electron chi connectivity index (χ0n) is 10.4. The molecule has 0 aliphatic heterocycles. The van der Waals surface area contributed by atoms with Gasteiger partial charge in [-0.1, -0.05) is 19.3 Å².